The van der Waals surface area contributed by atoms with Crippen molar-refractivity contribution in [3.05, 3.63) is 29.3 Å². The van der Waals surface area contributed by atoms with Crippen LogP contribution in [0.25, 0.3) is 0 Å². The monoisotopic (exact) mass is 291 g/mol. The molecule has 2 heteroatoms. The lowest BCUT2D eigenvalue weighted by Gasteiger charge is -2.26. The summed E-state index contributed by atoms with van der Waals surface area (Å²) in [5, 5.41) is 3.33. The van der Waals surface area contributed by atoms with Crippen LogP contribution in [-0.4, -0.2) is 19.7 Å². The molecule has 120 valence electrons. The molecule has 1 aromatic carbocycles. The van der Waals surface area contributed by atoms with E-state index in [0.29, 0.717) is 0 Å². The van der Waals surface area contributed by atoms with E-state index < -0.39 is 0 Å². The standard InChI is InChI=1S/C19H33NO/c1-8-20-10-9-11-21-17-13-15(18(2,3)4)12-16(14-17)19(5,6)7/h12-14,20H,8-11H2,1-7H3. The molecule has 2 nitrogen and oxygen atoms in total. The van der Waals surface area contributed by atoms with Crippen molar-refractivity contribution in [3.63, 3.8) is 0 Å². The molecule has 21 heavy (non-hydrogen) atoms. The second-order valence-corrected chi connectivity index (χ2v) is 7.80. The second-order valence-electron chi connectivity index (χ2n) is 7.80. The molecule has 0 atom stereocenters. The average molecular weight is 291 g/mol. The first-order valence-electron chi connectivity index (χ1n) is 8.14. The third-order valence-corrected chi connectivity index (χ3v) is 3.66. The maximum Gasteiger partial charge on any atom is 0.119 e. The third kappa shape index (κ3) is 6.09. The summed E-state index contributed by atoms with van der Waals surface area (Å²) < 4.78 is 5.98. The van der Waals surface area contributed by atoms with Crippen LogP contribution >= 0.6 is 0 Å². The Labute approximate surface area is 131 Å². The Morgan fingerprint density at radius 1 is 0.905 bits per heavy atom. The quantitative estimate of drug-likeness (QED) is 0.770. The summed E-state index contributed by atoms with van der Waals surface area (Å²) in [6.45, 7) is 18.5. The van der Waals surface area contributed by atoms with Gasteiger partial charge >= 0.3 is 0 Å². The minimum atomic E-state index is 0.142. The molecule has 0 saturated carbocycles. The van der Waals surface area contributed by atoms with Gasteiger partial charge < -0.3 is 10.1 Å². The molecule has 0 bridgehead atoms. The Morgan fingerprint density at radius 2 is 1.43 bits per heavy atom. The molecule has 1 rings (SSSR count). The molecule has 0 saturated heterocycles. The average Bonchev–Trinajstić information content (AvgIpc) is 2.36. The molecule has 0 aliphatic heterocycles. The van der Waals surface area contributed by atoms with Gasteiger partial charge in [-0.3, -0.25) is 0 Å². The molecular weight excluding hydrogens is 258 g/mol. The number of ether oxygens (including phenoxy) is 1. The zero-order valence-corrected chi connectivity index (χ0v) is 15.0. The fourth-order valence-corrected chi connectivity index (χ4v) is 2.11. The van der Waals surface area contributed by atoms with Crippen LogP contribution < -0.4 is 10.1 Å². The van der Waals surface area contributed by atoms with Crippen LogP contribution in [0.2, 0.25) is 0 Å². The number of hydrogen-bond acceptors (Lipinski definition) is 2. The molecule has 1 aromatic rings. The van der Waals surface area contributed by atoms with Gasteiger partial charge in [0.2, 0.25) is 0 Å². The molecule has 0 radical (unpaired) electrons. The van der Waals surface area contributed by atoms with Crippen LogP contribution in [-0.2, 0) is 10.8 Å². The van der Waals surface area contributed by atoms with Gasteiger partial charge in [0.05, 0.1) is 6.61 Å². The molecule has 0 fully saturated rings. The summed E-state index contributed by atoms with van der Waals surface area (Å²) in [7, 11) is 0. The number of hydrogen-bond donors (Lipinski definition) is 1. The molecule has 0 aromatic heterocycles. The number of nitrogens with one attached hydrogen (secondary N) is 1. The fraction of sp³-hybridized carbons (Fsp3) is 0.684. The van der Waals surface area contributed by atoms with Gasteiger partial charge in [0, 0.05) is 0 Å². The molecule has 1 N–H and O–H groups in total. The fourth-order valence-electron chi connectivity index (χ4n) is 2.11. The third-order valence-electron chi connectivity index (χ3n) is 3.66. The summed E-state index contributed by atoms with van der Waals surface area (Å²) in [5.74, 6) is 1.00. The second kappa shape index (κ2) is 7.31. The summed E-state index contributed by atoms with van der Waals surface area (Å²) in [5.41, 5.74) is 2.97. The van der Waals surface area contributed by atoms with E-state index in [0.717, 1.165) is 31.9 Å². The highest BCUT2D eigenvalue weighted by Crippen LogP contribution is 2.32. The Kier molecular flexibility index (Phi) is 6.27. The minimum absolute atomic E-state index is 0.142. The van der Waals surface area contributed by atoms with Crippen LogP contribution in [0.15, 0.2) is 18.2 Å². The van der Waals surface area contributed by atoms with Crippen LogP contribution in [0.3, 0.4) is 0 Å². The highest BCUT2D eigenvalue weighted by molar-refractivity contribution is 5.40. The highest BCUT2D eigenvalue weighted by atomic mass is 16.5. The Balaban J connectivity index is 2.88. The van der Waals surface area contributed by atoms with Crippen LogP contribution in [0.4, 0.5) is 0 Å². The van der Waals surface area contributed by atoms with Crippen molar-refractivity contribution in [2.45, 2.75) is 65.7 Å². The van der Waals surface area contributed by atoms with E-state index in [1.807, 2.05) is 0 Å². The lowest BCUT2D eigenvalue weighted by Crippen LogP contribution is -2.18. The molecule has 0 spiro atoms. The summed E-state index contributed by atoms with van der Waals surface area (Å²) >= 11 is 0. The normalized spacial score (nSPS) is 12.5. The molecule has 0 unspecified atom stereocenters. The van der Waals surface area contributed by atoms with Gasteiger partial charge in [0.25, 0.3) is 0 Å². The molecule has 0 heterocycles. The lowest BCUT2D eigenvalue weighted by atomic mass is 9.80. The first-order chi connectivity index (χ1) is 9.64. The maximum absolute atomic E-state index is 5.98. The van der Waals surface area contributed by atoms with E-state index in [1.54, 1.807) is 0 Å². The van der Waals surface area contributed by atoms with Gasteiger partial charge in [-0.05, 0) is 53.6 Å². The van der Waals surface area contributed by atoms with Crippen molar-refractivity contribution >= 4 is 0 Å². The Morgan fingerprint density at radius 3 is 1.86 bits per heavy atom. The largest absolute Gasteiger partial charge is 0.494 e. The van der Waals surface area contributed by atoms with E-state index in [-0.39, 0.29) is 10.8 Å². The van der Waals surface area contributed by atoms with Crippen molar-refractivity contribution in [2.24, 2.45) is 0 Å². The minimum Gasteiger partial charge on any atom is -0.494 e. The Hall–Kier alpha value is -1.02. The smallest absolute Gasteiger partial charge is 0.119 e. The summed E-state index contributed by atoms with van der Waals surface area (Å²) in [4.78, 5) is 0. The van der Waals surface area contributed by atoms with Gasteiger partial charge in [0.1, 0.15) is 5.75 Å². The van der Waals surface area contributed by atoms with E-state index in [2.05, 4.69) is 72.0 Å². The van der Waals surface area contributed by atoms with Crippen molar-refractivity contribution in [3.8, 4) is 5.75 Å². The molecule has 0 aliphatic carbocycles. The van der Waals surface area contributed by atoms with Crippen molar-refractivity contribution in [2.75, 3.05) is 19.7 Å². The highest BCUT2D eigenvalue weighted by Gasteiger charge is 2.20. The van der Waals surface area contributed by atoms with E-state index in [9.17, 15) is 0 Å². The van der Waals surface area contributed by atoms with Crippen LogP contribution in [0.5, 0.6) is 5.75 Å². The first kappa shape index (κ1) is 18.0. The van der Waals surface area contributed by atoms with Crippen LogP contribution in [0.1, 0.15) is 66.0 Å². The summed E-state index contributed by atoms with van der Waals surface area (Å²) in [6.07, 6.45) is 1.04. The number of rotatable bonds is 6. The van der Waals surface area contributed by atoms with E-state index >= 15 is 0 Å². The van der Waals surface area contributed by atoms with Gasteiger partial charge in [-0.2, -0.15) is 0 Å². The maximum atomic E-state index is 5.98. The van der Waals surface area contributed by atoms with Crippen molar-refractivity contribution in [1.29, 1.82) is 0 Å². The molecule has 0 amide bonds. The van der Waals surface area contributed by atoms with E-state index in [1.165, 1.54) is 11.1 Å². The molecular formula is C19H33NO. The number of benzene rings is 1. The van der Waals surface area contributed by atoms with Crippen LogP contribution in [0, 0.1) is 0 Å². The zero-order valence-electron chi connectivity index (χ0n) is 15.0. The predicted octanol–water partition coefficient (Wildman–Crippen LogP) is 4.66. The molecule has 0 aliphatic rings. The zero-order chi connectivity index (χ0) is 16.1. The van der Waals surface area contributed by atoms with Gasteiger partial charge in [-0.1, -0.05) is 54.5 Å². The van der Waals surface area contributed by atoms with Gasteiger partial charge in [0.15, 0.2) is 0 Å². The van der Waals surface area contributed by atoms with Gasteiger partial charge in [-0.25, -0.2) is 0 Å². The van der Waals surface area contributed by atoms with Gasteiger partial charge in [-0.15, -0.1) is 0 Å². The van der Waals surface area contributed by atoms with Crippen molar-refractivity contribution in [1.82, 2.24) is 5.32 Å². The summed E-state index contributed by atoms with van der Waals surface area (Å²) in [6, 6.07) is 6.72. The van der Waals surface area contributed by atoms with Crippen molar-refractivity contribution < 1.29 is 4.74 Å². The predicted molar refractivity (Wildman–Crippen MR) is 92.5 cm³/mol. The van der Waals surface area contributed by atoms with E-state index in [4.69, 9.17) is 4.74 Å². The topological polar surface area (TPSA) is 21.3 Å². The Bertz CT molecular complexity index is 406. The lowest BCUT2D eigenvalue weighted by molar-refractivity contribution is 0.307. The SMILES string of the molecule is CCNCCCOc1cc(C(C)(C)C)cc(C(C)(C)C)c1. The first-order valence-corrected chi connectivity index (χ1v) is 8.14.